The number of rotatable bonds is 2. The van der Waals surface area contributed by atoms with Gasteiger partial charge in [-0.2, -0.15) is 5.11 Å². The molecule has 1 aromatic heterocycles. The second kappa shape index (κ2) is 4.86. The number of pyridine rings is 1. The molecule has 1 N–H and O–H groups in total. The molecule has 0 atom stereocenters. The molecule has 0 unspecified atom stereocenters. The van der Waals surface area contributed by atoms with Crippen molar-refractivity contribution in [3.8, 4) is 0 Å². The molecule has 0 aliphatic carbocycles. The van der Waals surface area contributed by atoms with Crippen LogP contribution in [0.25, 0.3) is 10.9 Å². The van der Waals surface area contributed by atoms with Crippen LogP contribution in [0.1, 0.15) is 0 Å². The van der Waals surface area contributed by atoms with E-state index in [1.165, 1.54) is 0 Å². The van der Waals surface area contributed by atoms with Crippen LogP contribution in [-0.4, -0.2) is 4.98 Å². The zero-order valence-corrected chi connectivity index (χ0v) is 10.1. The molecule has 0 radical (unpaired) electrons. The third-order valence-electron chi connectivity index (χ3n) is 2.76. The number of nitrogens with zero attached hydrogens (tertiary/aromatic N) is 2. The molecular formula is C15H11N3O. The SMILES string of the molecule is O=c1[nH]c2ccccc2cc1N=Nc1ccccc1. The van der Waals surface area contributed by atoms with Gasteiger partial charge < -0.3 is 4.98 Å². The Hall–Kier alpha value is -2.75. The maximum atomic E-state index is 11.8. The number of aromatic nitrogens is 1. The van der Waals surface area contributed by atoms with Gasteiger partial charge in [0.1, 0.15) is 0 Å². The minimum absolute atomic E-state index is 0.238. The van der Waals surface area contributed by atoms with Crippen LogP contribution in [-0.2, 0) is 0 Å². The van der Waals surface area contributed by atoms with Gasteiger partial charge in [0.2, 0.25) is 0 Å². The van der Waals surface area contributed by atoms with Gasteiger partial charge in [-0.25, -0.2) is 0 Å². The van der Waals surface area contributed by atoms with Crippen molar-refractivity contribution < 1.29 is 0 Å². The molecule has 0 bridgehead atoms. The monoisotopic (exact) mass is 249 g/mol. The number of azo groups is 1. The van der Waals surface area contributed by atoms with Crippen molar-refractivity contribution in [1.29, 1.82) is 0 Å². The molecule has 0 saturated carbocycles. The van der Waals surface area contributed by atoms with Crippen LogP contribution in [0.3, 0.4) is 0 Å². The molecule has 92 valence electrons. The number of hydrogen-bond acceptors (Lipinski definition) is 3. The molecule has 0 aliphatic rings. The summed E-state index contributed by atoms with van der Waals surface area (Å²) in [6.07, 6.45) is 0. The van der Waals surface area contributed by atoms with Crippen molar-refractivity contribution in [1.82, 2.24) is 4.98 Å². The summed E-state index contributed by atoms with van der Waals surface area (Å²) < 4.78 is 0. The Morgan fingerprint density at radius 2 is 1.58 bits per heavy atom. The highest BCUT2D eigenvalue weighted by Crippen LogP contribution is 2.18. The van der Waals surface area contributed by atoms with Crippen LogP contribution in [0.5, 0.6) is 0 Å². The van der Waals surface area contributed by atoms with Crippen molar-refractivity contribution in [3.05, 3.63) is 71.0 Å². The minimum Gasteiger partial charge on any atom is -0.320 e. The first-order chi connectivity index (χ1) is 9.33. The highest BCUT2D eigenvalue weighted by molar-refractivity contribution is 5.80. The van der Waals surface area contributed by atoms with E-state index in [-0.39, 0.29) is 5.56 Å². The zero-order chi connectivity index (χ0) is 13.1. The fourth-order valence-electron chi connectivity index (χ4n) is 1.82. The predicted molar refractivity (Wildman–Crippen MR) is 75.2 cm³/mol. The largest absolute Gasteiger partial charge is 0.320 e. The quantitative estimate of drug-likeness (QED) is 0.687. The van der Waals surface area contributed by atoms with Gasteiger partial charge in [-0.15, -0.1) is 5.11 Å². The summed E-state index contributed by atoms with van der Waals surface area (Å²) in [7, 11) is 0. The fourth-order valence-corrected chi connectivity index (χ4v) is 1.82. The van der Waals surface area contributed by atoms with Crippen molar-refractivity contribution >= 4 is 22.3 Å². The van der Waals surface area contributed by atoms with Gasteiger partial charge in [0, 0.05) is 10.9 Å². The summed E-state index contributed by atoms with van der Waals surface area (Å²) in [4.78, 5) is 14.6. The van der Waals surface area contributed by atoms with Crippen molar-refractivity contribution in [2.45, 2.75) is 0 Å². The molecule has 3 rings (SSSR count). The lowest BCUT2D eigenvalue weighted by Gasteiger charge is -1.98. The Balaban J connectivity index is 2.04. The lowest BCUT2D eigenvalue weighted by atomic mass is 10.2. The first-order valence-corrected chi connectivity index (χ1v) is 5.92. The van der Waals surface area contributed by atoms with Crippen LogP contribution in [0.2, 0.25) is 0 Å². The molecule has 1 heterocycles. The summed E-state index contributed by atoms with van der Waals surface area (Å²) in [5, 5.41) is 8.99. The summed E-state index contributed by atoms with van der Waals surface area (Å²) >= 11 is 0. The summed E-state index contributed by atoms with van der Waals surface area (Å²) in [6, 6.07) is 18.6. The maximum absolute atomic E-state index is 11.8. The van der Waals surface area contributed by atoms with Crippen molar-refractivity contribution in [2.24, 2.45) is 10.2 Å². The van der Waals surface area contributed by atoms with Crippen LogP contribution in [0, 0.1) is 0 Å². The molecule has 2 aromatic carbocycles. The molecular weight excluding hydrogens is 238 g/mol. The zero-order valence-electron chi connectivity index (χ0n) is 10.1. The minimum atomic E-state index is -0.238. The summed E-state index contributed by atoms with van der Waals surface area (Å²) in [6.45, 7) is 0. The number of para-hydroxylation sites is 1. The highest BCUT2D eigenvalue weighted by Gasteiger charge is 2.00. The highest BCUT2D eigenvalue weighted by atomic mass is 16.1. The number of hydrogen-bond donors (Lipinski definition) is 1. The van der Waals surface area contributed by atoms with Gasteiger partial charge in [0.05, 0.1) is 5.69 Å². The molecule has 0 amide bonds. The van der Waals surface area contributed by atoms with Crippen LogP contribution < -0.4 is 5.56 Å². The molecule has 0 saturated heterocycles. The third-order valence-corrected chi connectivity index (χ3v) is 2.76. The van der Waals surface area contributed by atoms with Gasteiger partial charge in [0.25, 0.3) is 5.56 Å². The number of nitrogens with one attached hydrogen (secondary N) is 1. The molecule has 19 heavy (non-hydrogen) atoms. The van der Waals surface area contributed by atoms with Gasteiger partial charge >= 0.3 is 0 Å². The van der Waals surface area contributed by atoms with Gasteiger partial charge in [-0.3, -0.25) is 4.79 Å². The lowest BCUT2D eigenvalue weighted by Crippen LogP contribution is -2.04. The number of fused-ring (bicyclic) bond motifs is 1. The van der Waals surface area contributed by atoms with Crippen molar-refractivity contribution in [2.75, 3.05) is 0 Å². The molecule has 0 fully saturated rings. The Morgan fingerprint density at radius 3 is 2.42 bits per heavy atom. The van der Waals surface area contributed by atoms with E-state index in [2.05, 4.69) is 15.2 Å². The van der Waals surface area contributed by atoms with E-state index in [1.807, 2.05) is 54.6 Å². The summed E-state index contributed by atoms with van der Waals surface area (Å²) in [5.41, 5.74) is 1.59. The Kier molecular flexibility index (Phi) is 2.90. The number of H-pyrrole nitrogens is 1. The second-order valence-electron chi connectivity index (χ2n) is 4.11. The fraction of sp³-hybridized carbons (Fsp3) is 0. The molecule has 4 nitrogen and oxygen atoms in total. The average molecular weight is 249 g/mol. The number of aromatic amines is 1. The standard InChI is InChI=1S/C15H11N3O/c19-15-14(18-17-12-7-2-1-3-8-12)10-11-6-4-5-9-13(11)16-15/h1-10H,(H,16,19). The van der Waals surface area contributed by atoms with Crippen molar-refractivity contribution in [3.63, 3.8) is 0 Å². The number of benzene rings is 2. The second-order valence-corrected chi connectivity index (χ2v) is 4.11. The van der Waals surface area contributed by atoms with E-state index in [4.69, 9.17) is 0 Å². The van der Waals surface area contributed by atoms with Crippen LogP contribution >= 0.6 is 0 Å². The average Bonchev–Trinajstić information content (AvgIpc) is 2.46. The molecule has 0 spiro atoms. The topological polar surface area (TPSA) is 57.6 Å². The van der Waals surface area contributed by atoms with Crippen LogP contribution in [0.15, 0.2) is 75.7 Å². The van der Waals surface area contributed by atoms with E-state index < -0.39 is 0 Å². The smallest absolute Gasteiger partial charge is 0.276 e. The summed E-state index contributed by atoms with van der Waals surface area (Å²) in [5.74, 6) is 0. The maximum Gasteiger partial charge on any atom is 0.276 e. The Labute approximate surface area is 109 Å². The van der Waals surface area contributed by atoms with E-state index in [9.17, 15) is 4.79 Å². The van der Waals surface area contributed by atoms with Gasteiger partial charge in [0.15, 0.2) is 5.69 Å². The third kappa shape index (κ3) is 2.42. The lowest BCUT2D eigenvalue weighted by molar-refractivity contribution is 1.18. The first-order valence-electron chi connectivity index (χ1n) is 5.92. The van der Waals surface area contributed by atoms with E-state index in [1.54, 1.807) is 6.07 Å². The van der Waals surface area contributed by atoms with Gasteiger partial charge in [-0.1, -0.05) is 36.4 Å². The molecule has 0 aliphatic heterocycles. The van der Waals surface area contributed by atoms with Gasteiger partial charge in [-0.05, 0) is 24.3 Å². The predicted octanol–water partition coefficient (Wildman–Crippen LogP) is 3.94. The van der Waals surface area contributed by atoms with E-state index in [0.717, 1.165) is 16.6 Å². The Morgan fingerprint density at radius 1 is 0.842 bits per heavy atom. The Bertz CT molecular complexity index is 791. The normalized spacial score (nSPS) is 11.2. The first kappa shape index (κ1) is 11.3. The molecule has 4 heteroatoms. The molecule has 3 aromatic rings. The van der Waals surface area contributed by atoms with E-state index >= 15 is 0 Å². The van der Waals surface area contributed by atoms with Crippen LogP contribution in [0.4, 0.5) is 11.4 Å². The van der Waals surface area contributed by atoms with E-state index in [0.29, 0.717) is 5.69 Å².